The summed E-state index contributed by atoms with van der Waals surface area (Å²) in [5.41, 5.74) is 0. The van der Waals surface area contributed by atoms with Crippen LogP contribution in [0.3, 0.4) is 0 Å². The molecule has 2 saturated carbocycles. The minimum Gasteiger partial charge on any atom is -0.481 e. The molecule has 0 radical (unpaired) electrons. The van der Waals surface area contributed by atoms with Crippen LogP contribution in [-0.4, -0.2) is 71.3 Å². The monoisotopic (exact) mass is 772 g/mol. The normalized spacial score (nSPS) is 24.7. The smallest absolute Gasteiger partial charge is 0.310 e. The van der Waals surface area contributed by atoms with Gasteiger partial charge in [-0.1, -0.05) is 163 Å². The number of aliphatic carboxylic acids is 1. The van der Waals surface area contributed by atoms with Gasteiger partial charge in [0.15, 0.2) is 0 Å². The molecule has 5 nitrogen and oxygen atoms in total. The van der Waals surface area contributed by atoms with E-state index in [0.29, 0.717) is 23.9 Å². The van der Waals surface area contributed by atoms with Crippen LogP contribution in [0.1, 0.15) is 240 Å². The SMILES string of the molecule is CCCCCCCCCCCCCCCCCCC(C[C+]1C2CCC(N(CCCC)CCCC)CC2OC2CC(N(CCCC)CCCC)CCC12)C(=O)O. The van der Waals surface area contributed by atoms with E-state index in [0.717, 1.165) is 32.1 Å². The topological polar surface area (TPSA) is 53.0 Å². The van der Waals surface area contributed by atoms with E-state index >= 15 is 0 Å². The third-order valence-electron chi connectivity index (χ3n) is 14.3. The third kappa shape index (κ3) is 18.4. The van der Waals surface area contributed by atoms with E-state index in [1.165, 1.54) is 200 Å². The van der Waals surface area contributed by atoms with Crippen molar-refractivity contribution < 1.29 is 14.6 Å². The van der Waals surface area contributed by atoms with Crippen molar-refractivity contribution in [2.75, 3.05) is 26.2 Å². The molecule has 0 spiro atoms. The Bertz CT molecular complexity index is 869. The molecule has 0 aromatic carbocycles. The number of carboxylic acid groups (broad SMARTS) is 1. The summed E-state index contributed by atoms with van der Waals surface area (Å²) < 4.78 is 7.32. The van der Waals surface area contributed by atoms with Crippen molar-refractivity contribution in [2.24, 2.45) is 17.8 Å². The molecule has 3 fully saturated rings. The lowest BCUT2D eigenvalue weighted by atomic mass is 9.61. The van der Waals surface area contributed by atoms with Gasteiger partial charge in [-0.25, -0.2) is 0 Å². The Morgan fingerprint density at radius 3 is 1.22 bits per heavy atom. The molecule has 0 aromatic heterocycles. The summed E-state index contributed by atoms with van der Waals surface area (Å²) >= 11 is 0. The van der Waals surface area contributed by atoms with E-state index in [9.17, 15) is 9.90 Å². The number of unbranched alkanes of at least 4 members (excludes halogenated alkanes) is 19. The molecule has 1 N–H and O–H groups in total. The standard InChI is InChI=1S/C50H94N2O3/c1-6-11-16-17-18-19-20-21-22-23-24-25-26-27-28-29-30-42(50(53)54)39-47-45-33-31-43(51(35-12-7-2)36-13-8-3)40-48(45)55-49-41-44(32-34-46(47)49)52(37-14-9-4)38-15-10-5/h42-46,48-49H,6-41H2,1-5H3/p+1. The van der Waals surface area contributed by atoms with Crippen molar-refractivity contribution in [2.45, 2.75) is 264 Å². The molecule has 1 heterocycles. The van der Waals surface area contributed by atoms with Crippen molar-refractivity contribution in [3.63, 3.8) is 0 Å². The lowest BCUT2D eigenvalue weighted by Crippen LogP contribution is -2.56. The van der Waals surface area contributed by atoms with E-state index in [1.807, 2.05) is 0 Å². The van der Waals surface area contributed by atoms with Crippen molar-refractivity contribution in [3.05, 3.63) is 5.92 Å². The Morgan fingerprint density at radius 1 is 0.527 bits per heavy atom. The zero-order valence-electron chi connectivity index (χ0n) is 37.7. The van der Waals surface area contributed by atoms with E-state index < -0.39 is 5.97 Å². The van der Waals surface area contributed by atoms with Crippen LogP contribution in [0.2, 0.25) is 0 Å². The summed E-state index contributed by atoms with van der Waals surface area (Å²) in [5.74, 6) is 1.76. The fourth-order valence-corrected chi connectivity index (χ4v) is 10.8. The van der Waals surface area contributed by atoms with Crippen LogP contribution in [0.4, 0.5) is 0 Å². The molecule has 3 rings (SSSR count). The lowest BCUT2D eigenvalue weighted by molar-refractivity contribution is -0.154. The fourth-order valence-electron chi connectivity index (χ4n) is 10.8. The molecule has 0 amide bonds. The van der Waals surface area contributed by atoms with Crippen LogP contribution in [-0.2, 0) is 9.53 Å². The molecule has 7 atom stereocenters. The second-order valence-corrected chi connectivity index (χ2v) is 18.8. The summed E-state index contributed by atoms with van der Waals surface area (Å²) in [6.45, 7) is 16.5. The summed E-state index contributed by atoms with van der Waals surface area (Å²) in [4.78, 5) is 18.5. The highest BCUT2D eigenvalue weighted by atomic mass is 16.5. The first-order chi connectivity index (χ1) is 27.0. The number of ether oxygens (including phenoxy) is 1. The zero-order valence-corrected chi connectivity index (χ0v) is 37.7. The second kappa shape index (κ2) is 30.3. The predicted octanol–water partition coefficient (Wildman–Crippen LogP) is 14.2. The predicted molar refractivity (Wildman–Crippen MR) is 237 cm³/mol. The van der Waals surface area contributed by atoms with E-state index in [-0.39, 0.29) is 18.1 Å². The van der Waals surface area contributed by atoms with Gasteiger partial charge < -0.3 is 19.6 Å². The number of hydrogen-bond donors (Lipinski definition) is 1. The largest absolute Gasteiger partial charge is 0.481 e. The maximum atomic E-state index is 12.9. The van der Waals surface area contributed by atoms with Crippen LogP contribution >= 0.6 is 0 Å². The summed E-state index contributed by atoms with van der Waals surface area (Å²) in [6.07, 6.45) is 41.2. The highest BCUT2D eigenvalue weighted by Gasteiger charge is 2.58. The molecule has 55 heavy (non-hydrogen) atoms. The second-order valence-electron chi connectivity index (χ2n) is 18.8. The molecule has 322 valence electrons. The van der Waals surface area contributed by atoms with Gasteiger partial charge in [0.2, 0.25) is 0 Å². The number of hydrogen-bond acceptors (Lipinski definition) is 4. The quantitative estimate of drug-likeness (QED) is 0.0521. The first-order valence-electron chi connectivity index (χ1n) is 25.2. The van der Waals surface area contributed by atoms with Gasteiger partial charge in [-0.3, -0.25) is 4.79 Å². The maximum absolute atomic E-state index is 12.9. The average Bonchev–Trinajstić information content (AvgIpc) is 3.19. The summed E-state index contributed by atoms with van der Waals surface area (Å²) in [6, 6.07) is 1.23. The maximum Gasteiger partial charge on any atom is 0.310 e. The number of fused-ring (bicyclic) bond motifs is 2. The molecule has 3 aliphatic rings. The Labute approximate surface area is 343 Å². The molecule has 0 aromatic rings. The van der Waals surface area contributed by atoms with Crippen LogP contribution in [0.25, 0.3) is 0 Å². The number of carboxylic acids is 1. The van der Waals surface area contributed by atoms with Crippen LogP contribution in [0.15, 0.2) is 0 Å². The highest BCUT2D eigenvalue weighted by molar-refractivity contribution is 5.70. The fraction of sp³-hybridized carbons (Fsp3) is 0.960. The minimum absolute atomic E-state index is 0.229. The summed E-state index contributed by atoms with van der Waals surface area (Å²) in [7, 11) is 0. The Kier molecular flexibility index (Phi) is 26.8. The minimum atomic E-state index is -0.550. The molecule has 2 aliphatic carbocycles. The number of nitrogens with zero attached hydrogens (tertiary/aromatic N) is 2. The van der Waals surface area contributed by atoms with E-state index in [2.05, 4.69) is 44.4 Å². The first-order valence-corrected chi connectivity index (χ1v) is 25.2. The van der Waals surface area contributed by atoms with E-state index in [4.69, 9.17) is 4.74 Å². The molecule has 7 unspecified atom stereocenters. The van der Waals surface area contributed by atoms with Crippen molar-refractivity contribution in [1.29, 1.82) is 0 Å². The Hall–Kier alpha value is -0.780. The van der Waals surface area contributed by atoms with Crippen LogP contribution in [0, 0.1) is 23.7 Å². The number of carbonyl (C=O) groups is 1. The van der Waals surface area contributed by atoms with Crippen molar-refractivity contribution in [1.82, 2.24) is 9.80 Å². The van der Waals surface area contributed by atoms with Gasteiger partial charge in [0.25, 0.3) is 0 Å². The Balaban J connectivity index is 1.54. The lowest BCUT2D eigenvalue weighted by Gasteiger charge is -2.50. The van der Waals surface area contributed by atoms with Gasteiger partial charge in [-0.15, -0.1) is 0 Å². The Morgan fingerprint density at radius 2 is 0.873 bits per heavy atom. The number of rotatable bonds is 34. The van der Waals surface area contributed by atoms with Gasteiger partial charge in [0, 0.05) is 12.1 Å². The van der Waals surface area contributed by atoms with Gasteiger partial charge in [0.05, 0.1) is 5.92 Å². The highest BCUT2D eigenvalue weighted by Crippen LogP contribution is 2.52. The molecule has 0 bridgehead atoms. The van der Waals surface area contributed by atoms with Gasteiger partial charge >= 0.3 is 5.97 Å². The van der Waals surface area contributed by atoms with Crippen LogP contribution in [0.5, 0.6) is 0 Å². The average molecular weight is 772 g/mol. The van der Waals surface area contributed by atoms with Crippen LogP contribution < -0.4 is 0 Å². The van der Waals surface area contributed by atoms with E-state index in [1.54, 1.807) is 5.92 Å². The van der Waals surface area contributed by atoms with Gasteiger partial charge in [-0.2, -0.15) is 0 Å². The van der Waals surface area contributed by atoms with Crippen molar-refractivity contribution in [3.8, 4) is 0 Å². The summed E-state index contributed by atoms with van der Waals surface area (Å²) in [5, 5.41) is 10.6. The van der Waals surface area contributed by atoms with Gasteiger partial charge in [-0.05, 0) is 96.8 Å². The van der Waals surface area contributed by atoms with Crippen molar-refractivity contribution >= 4 is 5.97 Å². The third-order valence-corrected chi connectivity index (χ3v) is 14.3. The molecular formula is C50H95N2O3+. The zero-order chi connectivity index (χ0) is 39.5. The van der Waals surface area contributed by atoms with Gasteiger partial charge in [0.1, 0.15) is 36.4 Å². The molecule has 5 heteroatoms. The molecule has 1 aliphatic heterocycles. The molecule has 1 saturated heterocycles. The molecular weight excluding hydrogens is 677 g/mol. The first kappa shape index (κ1) is 48.6.